The van der Waals surface area contributed by atoms with E-state index in [4.69, 9.17) is 4.98 Å². The van der Waals surface area contributed by atoms with Gasteiger partial charge in [-0.15, -0.1) is 11.3 Å². The van der Waals surface area contributed by atoms with Crippen molar-refractivity contribution in [2.24, 2.45) is 0 Å². The number of hydrogen-bond acceptors (Lipinski definition) is 2. The third-order valence-corrected chi connectivity index (χ3v) is 4.51. The molecule has 2 aromatic heterocycles. The number of thiophene rings is 1. The van der Waals surface area contributed by atoms with Crippen molar-refractivity contribution in [2.75, 3.05) is 0 Å². The lowest BCUT2D eigenvalue weighted by molar-refractivity contribution is 0.764. The molecule has 2 rings (SSSR count). The molecule has 0 aliphatic heterocycles. The summed E-state index contributed by atoms with van der Waals surface area (Å²) in [5.74, 6) is 1.04. The van der Waals surface area contributed by atoms with Gasteiger partial charge in [-0.3, -0.25) is 4.98 Å². The van der Waals surface area contributed by atoms with E-state index < -0.39 is 0 Å². The van der Waals surface area contributed by atoms with Gasteiger partial charge in [0.25, 0.3) is 0 Å². The molecule has 0 aliphatic rings. The zero-order chi connectivity index (χ0) is 12.7. The van der Waals surface area contributed by atoms with Gasteiger partial charge < -0.3 is 0 Å². The highest BCUT2D eigenvalue weighted by Gasteiger charge is 2.16. The van der Waals surface area contributed by atoms with Crippen LogP contribution in [0.15, 0.2) is 6.07 Å². The Morgan fingerprint density at radius 3 is 2.24 bits per heavy atom. The first-order valence-electron chi connectivity index (χ1n) is 6.32. The minimum Gasteiger partial charge on any atom is -0.251 e. The molecule has 0 aliphatic carbocycles. The van der Waals surface area contributed by atoms with Gasteiger partial charge in [0.15, 0.2) is 0 Å². The first-order valence-corrected chi connectivity index (χ1v) is 7.14. The normalized spacial score (nSPS) is 12.0. The second-order valence-corrected chi connectivity index (χ2v) is 6.66. The fraction of sp³-hybridized carbons (Fsp3) is 0.533. The predicted octanol–water partition coefficient (Wildman–Crippen LogP) is 5.16. The maximum atomic E-state index is 4.93. The number of aryl methyl sites for hydroxylation is 2. The van der Waals surface area contributed by atoms with Crippen LogP contribution >= 0.6 is 11.3 Å². The zero-order valence-electron chi connectivity index (χ0n) is 11.6. The number of hydrogen-bond donors (Lipinski definition) is 0. The molecular formula is C15H21NS. The Balaban J connectivity index is 2.77. The molecule has 0 saturated carbocycles. The molecule has 92 valence electrons. The van der Waals surface area contributed by atoms with Gasteiger partial charge in [0.2, 0.25) is 0 Å². The van der Waals surface area contributed by atoms with Crippen molar-refractivity contribution in [3.8, 4) is 0 Å². The number of pyridine rings is 1. The summed E-state index contributed by atoms with van der Waals surface area (Å²) in [5, 5.41) is 0. The van der Waals surface area contributed by atoms with Crippen molar-refractivity contribution in [1.29, 1.82) is 0 Å². The van der Waals surface area contributed by atoms with E-state index in [1.807, 2.05) is 11.3 Å². The third kappa shape index (κ3) is 2.11. The monoisotopic (exact) mass is 247 g/mol. The smallest absolute Gasteiger partial charge is 0.0845 e. The van der Waals surface area contributed by atoms with Crippen LogP contribution in [0.2, 0.25) is 0 Å². The highest BCUT2D eigenvalue weighted by atomic mass is 32.1. The summed E-state index contributed by atoms with van der Waals surface area (Å²) < 4.78 is 1.34. The Labute approximate surface area is 108 Å². The van der Waals surface area contributed by atoms with Crippen LogP contribution in [0, 0.1) is 13.8 Å². The van der Waals surface area contributed by atoms with E-state index in [-0.39, 0.29) is 0 Å². The largest absolute Gasteiger partial charge is 0.251 e. The van der Waals surface area contributed by atoms with Gasteiger partial charge in [-0.1, -0.05) is 27.7 Å². The van der Waals surface area contributed by atoms with E-state index in [0.717, 1.165) is 0 Å². The van der Waals surface area contributed by atoms with Crippen LogP contribution < -0.4 is 0 Å². The van der Waals surface area contributed by atoms with Gasteiger partial charge in [-0.2, -0.15) is 0 Å². The highest BCUT2D eigenvalue weighted by Crippen LogP contribution is 2.34. The molecular weight excluding hydrogens is 226 g/mol. The second-order valence-electron chi connectivity index (χ2n) is 5.40. The van der Waals surface area contributed by atoms with Crippen molar-refractivity contribution in [1.82, 2.24) is 4.98 Å². The molecule has 0 atom stereocenters. The highest BCUT2D eigenvalue weighted by molar-refractivity contribution is 7.19. The van der Waals surface area contributed by atoms with Gasteiger partial charge >= 0.3 is 0 Å². The van der Waals surface area contributed by atoms with E-state index >= 15 is 0 Å². The Morgan fingerprint density at radius 1 is 1.06 bits per heavy atom. The maximum Gasteiger partial charge on any atom is 0.0845 e. The van der Waals surface area contributed by atoms with Gasteiger partial charge in [-0.25, -0.2) is 0 Å². The van der Waals surface area contributed by atoms with Gasteiger partial charge in [-0.05, 0) is 42.9 Å². The Kier molecular flexibility index (Phi) is 3.26. The fourth-order valence-corrected chi connectivity index (χ4v) is 3.26. The topological polar surface area (TPSA) is 12.9 Å². The SMILES string of the molecule is Cc1sc2cc(C(C)C)c(C(C)C)nc2c1C. The number of nitrogens with zero attached hydrogens (tertiary/aromatic N) is 1. The van der Waals surface area contributed by atoms with Crippen LogP contribution in [0.4, 0.5) is 0 Å². The van der Waals surface area contributed by atoms with E-state index in [1.54, 1.807) is 0 Å². The fourth-order valence-electron chi connectivity index (χ4n) is 2.20. The first kappa shape index (κ1) is 12.6. The van der Waals surface area contributed by atoms with Gasteiger partial charge in [0, 0.05) is 10.6 Å². The van der Waals surface area contributed by atoms with E-state index in [0.29, 0.717) is 11.8 Å². The van der Waals surface area contributed by atoms with Crippen molar-refractivity contribution in [3.63, 3.8) is 0 Å². The predicted molar refractivity (Wildman–Crippen MR) is 77.3 cm³/mol. The summed E-state index contributed by atoms with van der Waals surface area (Å²) in [4.78, 5) is 6.32. The lowest BCUT2D eigenvalue weighted by Crippen LogP contribution is -2.02. The molecule has 1 nitrogen and oxygen atoms in total. The molecule has 2 heteroatoms. The zero-order valence-corrected chi connectivity index (χ0v) is 12.4. The van der Waals surface area contributed by atoms with Crippen molar-refractivity contribution < 1.29 is 0 Å². The summed E-state index contributed by atoms with van der Waals surface area (Å²) in [6, 6.07) is 2.35. The minimum atomic E-state index is 0.497. The molecule has 0 fully saturated rings. The van der Waals surface area contributed by atoms with Crippen molar-refractivity contribution in [3.05, 3.63) is 27.8 Å². The molecule has 0 spiro atoms. The van der Waals surface area contributed by atoms with Gasteiger partial charge in [0.05, 0.1) is 10.2 Å². The second kappa shape index (κ2) is 4.41. The van der Waals surface area contributed by atoms with Crippen LogP contribution in [-0.2, 0) is 0 Å². The minimum absolute atomic E-state index is 0.497. The molecule has 17 heavy (non-hydrogen) atoms. The summed E-state index contributed by atoms with van der Waals surface area (Å²) in [6.07, 6.45) is 0. The molecule has 0 unspecified atom stereocenters. The molecule has 0 aromatic carbocycles. The van der Waals surface area contributed by atoms with Crippen LogP contribution in [-0.4, -0.2) is 4.98 Å². The summed E-state index contributed by atoms with van der Waals surface area (Å²) >= 11 is 1.87. The molecule has 0 amide bonds. The van der Waals surface area contributed by atoms with Crippen LogP contribution in [0.5, 0.6) is 0 Å². The summed E-state index contributed by atoms with van der Waals surface area (Å²) in [7, 11) is 0. The summed E-state index contributed by atoms with van der Waals surface area (Å²) in [5.41, 5.74) is 5.24. The maximum absolute atomic E-state index is 4.93. The van der Waals surface area contributed by atoms with E-state index in [2.05, 4.69) is 47.6 Å². The quantitative estimate of drug-likeness (QED) is 0.714. The summed E-state index contributed by atoms with van der Waals surface area (Å²) in [6.45, 7) is 13.3. The van der Waals surface area contributed by atoms with Crippen LogP contribution in [0.1, 0.15) is 61.2 Å². The Hall–Kier alpha value is -0.890. The lowest BCUT2D eigenvalue weighted by atomic mass is 9.95. The average Bonchev–Trinajstić information content (AvgIpc) is 2.53. The number of rotatable bonds is 2. The van der Waals surface area contributed by atoms with Crippen molar-refractivity contribution in [2.45, 2.75) is 53.4 Å². The molecule has 0 bridgehead atoms. The first-order chi connectivity index (χ1) is 7.91. The molecule has 0 N–H and O–H groups in total. The molecule has 0 saturated heterocycles. The molecule has 2 heterocycles. The number of fused-ring (bicyclic) bond motifs is 1. The average molecular weight is 247 g/mol. The molecule has 0 radical (unpaired) electrons. The van der Waals surface area contributed by atoms with E-state index in [1.165, 1.54) is 31.9 Å². The van der Waals surface area contributed by atoms with Gasteiger partial charge in [0.1, 0.15) is 0 Å². The van der Waals surface area contributed by atoms with Crippen molar-refractivity contribution >= 4 is 21.6 Å². The third-order valence-electron chi connectivity index (χ3n) is 3.36. The Morgan fingerprint density at radius 2 is 1.71 bits per heavy atom. The van der Waals surface area contributed by atoms with E-state index in [9.17, 15) is 0 Å². The number of aromatic nitrogens is 1. The molecule has 2 aromatic rings. The van der Waals surface area contributed by atoms with Crippen LogP contribution in [0.25, 0.3) is 10.2 Å². The van der Waals surface area contributed by atoms with Crippen LogP contribution in [0.3, 0.4) is 0 Å². The lowest BCUT2D eigenvalue weighted by Gasteiger charge is -2.15. The Bertz CT molecular complexity index is 550. The standard InChI is InChI=1S/C15H21NS/c1-8(2)12-7-13-15(10(5)11(6)17-13)16-14(12)9(3)4/h7-9H,1-6H3.